The smallest absolute Gasteiger partial charge is 0.404 e. The van der Waals surface area contributed by atoms with Gasteiger partial charge in [-0.1, -0.05) is 12.1 Å². The van der Waals surface area contributed by atoms with Crippen molar-refractivity contribution in [1.29, 1.82) is 0 Å². The zero-order valence-electron chi connectivity index (χ0n) is 11.6. The molecule has 10 heteroatoms. The van der Waals surface area contributed by atoms with E-state index in [0.29, 0.717) is 0 Å². The topological polar surface area (TPSA) is 60.4 Å². The molecule has 1 aromatic carbocycles. The minimum absolute atomic E-state index is 0.207. The summed E-state index contributed by atoms with van der Waals surface area (Å²) < 4.78 is 89.8. The van der Waals surface area contributed by atoms with Crippen molar-refractivity contribution in [2.24, 2.45) is 0 Å². The fourth-order valence-electron chi connectivity index (χ4n) is 1.60. The van der Waals surface area contributed by atoms with E-state index in [4.69, 9.17) is 0 Å². The number of hydrogen-bond donors (Lipinski definition) is 1. The minimum atomic E-state index is -5.13. The number of esters is 1. The molecule has 0 amide bonds. The molecule has 4 nitrogen and oxygen atoms in total. The number of rotatable bonds is 8. The molecule has 0 N–H and O–H groups in total. The van der Waals surface area contributed by atoms with Gasteiger partial charge >= 0.3 is 17.1 Å². The van der Waals surface area contributed by atoms with Gasteiger partial charge in [-0.3, -0.25) is 0 Å². The average Bonchev–Trinajstić information content (AvgIpc) is 2.46. The molecule has 0 aliphatic carbocycles. The van der Waals surface area contributed by atoms with Crippen molar-refractivity contribution in [3.8, 4) is 0 Å². The molecule has 130 valence electrons. The number of halogens is 5. The summed E-state index contributed by atoms with van der Waals surface area (Å²) in [5, 5.41) is -5.13. The van der Waals surface area contributed by atoms with E-state index in [-0.39, 0.29) is 12.0 Å². The van der Waals surface area contributed by atoms with Gasteiger partial charge in [-0.25, -0.2) is 17.6 Å². The Labute approximate surface area is 130 Å². The molecule has 0 fully saturated rings. The van der Waals surface area contributed by atoms with Crippen LogP contribution in [0.15, 0.2) is 24.3 Å². The third-order valence-corrected chi connectivity index (χ3v) is 3.67. The van der Waals surface area contributed by atoms with Gasteiger partial charge in [0.05, 0.1) is 12.2 Å². The molecule has 23 heavy (non-hydrogen) atoms. The molecule has 0 heterocycles. The molecule has 0 aliphatic rings. The van der Waals surface area contributed by atoms with Crippen molar-refractivity contribution in [3.63, 3.8) is 0 Å². The predicted octanol–water partition coefficient (Wildman–Crippen LogP) is 2.99. The van der Waals surface area contributed by atoms with Gasteiger partial charge in [-0.15, -0.1) is 0 Å². The summed E-state index contributed by atoms with van der Waals surface area (Å²) in [6, 6.07) is 4.95. The van der Waals surface area contributed by atoms with E-state index in [2.05, 4.69) is 4.74 Å². The molecule has 0 radical (unpaired) electrons. The van der Waals surface area contributed by atoms with E-state index in [9.17, 15) is 35.2 Å². The van der Waals surface area contributed by atoms with E-state index in [1.807, 2.05) is 0 Å². The average molecular weight is 360 g/mol. The molecule has 0 aliphatic heterocycles. The fourth-order valence-corrected chi connectivity index (χ4v) is 1.98. The van der Waals surface area contributed by atoms with Crippen LogP contribution < -0.4 is 0 Å². The summed E-state index contributed by atoms with van der Waals surface area (Å²) in [6.07, 6.45) is -2.10. The SMILES string of the molecule is O=C(OCCCCC(F)(F)C(F)(F)[SH](=O)=O)c1ccccc1F. The lowest BCUT2D eigenvalue weighted by Gasteiger charge is -2.21. The molecule has 0 aromatic heterocycles. The lowest BCUT2D eigenvalue weighted by Crippen LogP contribution is -2.41. The largest absolute Gasteiger partial charge is 0.462 e. The zero-order chi connectivity index (χ0) is 17.7. The number of hydrogen-bond acceptors (Lipinski definition) is 4. The van der Waals surface area contributed by atoms with E-state index >= 15 is 0 Å². The molecule has 0 bridgehead atoms. The molecule has 0 atom stereocenters. The van der Waals surface area contributed by atoms with E-state index in [1.165, 1.54) is 12.1 Å². The number of thiol groups is 1. The van der Waals surface area contributed by atoms with Crippen LogP contribution in [0, 0.1) is 5.82 Å². The zero-order valence-corrected chi connectivity index (χ0v) is 12.5. The van der Waals surface area contributed by atoms with Crippen LogP contribution in [-0.4, -0.2) is 32.2 Å². The normalized spacial score (nSPS) is 12.4. The molecule has 0 saturated heterocycles. The van der Waals surface area contributed by atoms with Gasteiger partial charge in [-0.2, -0.15) is 17.6 Å². The van der Waals surface area contributed by atoms with Crippen LogP contribution in [-0.2, 0) is 15.4 Å². The molecule has 0 unspecified atom stereocenters. The van der Waals surface area contributed by atoms with Crippen molar-refractivity contribution in [2.45, 2.75) is 30.4 Å². The lowest BCUT2D eigenvalue weighted by atomic mass is 10.1. The fraction of sp³-hybridized carbons (Fsp3) is 0.462. The van der Waals surface area contributed by atoms with E-state index in [1.54, 1.807) is 0 Å². The summed E-state index contributed by atoms with van der Waals surface area (Å²) >= 11 is 0. The Morgan fingerprint density at radius 1 is 1.09 bits per heavy atom. The van der Waals surface area contributed by atoms with Crippen molar-refractivity contribution >= 4 is 16.7 Å². The first kappa shape index (κ1) is 19.3. The summed E-state index contributed by atoms with van der Waals surface area (Å²) in [6.45, 7) is -0.391. The Kier molecular flexibility index (Phi) is 6.48. The minimum Gasteiger partial charge on any atom is -0.462 e. The second kappa shape index (κ2) is 7.71. The predicted molar refractivity (Wildman–Crippen MR) is 70.7 cm³/mol. The van der Waals surface area contributed by atoms with Gasteiger partial charge < -0.3 is 4.74 Å². The van der Waals surface area contributed by atoms with E-state index < -0.39 is 53.1 Å². The van der Waals surface area contributed by atoms with Gasteiger partial charge in [0, 0.05) is 6.42 Å². The highest BCUT2D eigenvalue weighted by Gasteiger charge is 2.58. The molecule has 1 aromatic rings. The van der Waals surface area contributed by atoms with Gasteiger partial charge in [-0.05, 0) is 25.0 Å². The lowest BCUT2D eigenvalue weighted by molar-refractivity contribution is -0.159. The highest BCUT2D eigenvalue weighted by atomic mass is 32.2. The third kappa shape index (κ3) is 4.88. The number of benzene rings is 1. The maximum absolute atomic E-state index is 13.2. The maximum Gasteiger partial charge on any atom is 0.404 e. The van der Waals surface area contributed by atoms with Crippen LogP contribution in [0.3, 0.4) is 0 Å². The number of ether oxygens (including phenoxy) is 1. The maximum atomic E-state index is 13.2. The van der Waals surface area contributed by atoms with Crippen LogP contribution in [0.25, 0.3) is 0 Å². The molecular weight excluding hydrogens is 347 g/mol. The van der Waals surface area contributed by atoms with Crippen molar-refractivity contribution in [1.82, 2.24) is 0 Å². The summed E-state index contributed by atoms with van der Waals surface area (Å²) in [5.74, 6) is -6.54. The second-order valence-corrected chi connectivity index (χ2v) is 5.65. The summed E-state index contributed by atoms with van der Waals surface area (Å²) in [4.78, 5) is 11.5. The Balaban J connectivity index is 2.41. The quantitative estimate of drug-likeness (QED) is 0.335. The first-order valence-electron chi connectivity index (χ1n) is 6.41. The van der Waals surface area contributed by atoms with Crippen LogP contribution >= 0.6 is 0 Å². The molecule has 1 rings (SSSR count). The Bertz CT molecular complexity index is 623. The Hall–Kier alpha value is -1.71. The standard InChI is InChI=1S/C13H13F5O4S/c14-10-6-2-1-5-9(10)11(19)22-8-4-3-7-12(15,16)13(17,18)23(20)21/h1-2,5-6,23H,3-4,7-8H2. The monoisotopic (exact) mass is 360 g/mol. The first-order valence-corrected chi connectivity index (χ1v) is 7.59. The number of alkyl halides is 4. The van der Waals surface area contributed by atoms with Crippen molar-refractivity contribution in [3.05, 3.63) is 35.6 Å². The van der Waals surface area contributed by atoms with Gasteiger partial charge in [0.25, 0.3) is 0 Å². The van der Waals surface area contributed by atoms with Crippen LogP contribution in [0.2, 0.25) is 0 Å². The molecule has 0 saturated carbocycles. The highest BCUT2D eigenvalue weighted by Crippen LogP contribution is 2.38. The van der Waals surface area contributed by atoms with Crippen LogP contribution in [0.4, 0.5) is 22.0 Å². The van der Waals surface area contributed by atoms with Gasteiger partial charge in [0.1, 0.15) is 5.82 Å². The number of unbranched alkanes of at least 4 members (excludes halogenated alkanes) is 1. The molecular formula is C13H13F5O4S. The summed E-state index contributed by atoms with van der Waals surface area (Å²) in [7, 11) is -4.61. The second-order valence-electron chi connectivity index (χ2n) is 4.58. The van der Waals surface area contributed by atoms with Crippen LogP contribution in [0.5, 0.6) is 0 Å². The van der Waals surface area contributed by atoms with Crippen molar-refractivity contribution < 1.29 is 39.9 Å². The van der Waals surface area contributed by atoms with Crippen LogP contribution in [0.1, 0.15) is 29.6 Å². The van der Waals surface area contributed by atoms with E-state index in [0.717, 1.165) is 12.1 Å². The van der Waals surface area contributed by atoms with Crippen molar-refractivity contribution in [2.75, 3.05) is 6.61 Å². The molecule has 0 spiro atoms. The first-order chi connectivity index (χ1) is 10.6. The highest BCUT2D eigenvalue weighted by molar-refractivity contribution is 7.73. The Morgan fingerprint density at radius 2 is 1.70 bits per heavy atom. The third-order valence-electron chi connectivity index (χ3n) is 2.88. The summed E-state index contributed by atoms with van der Waals surface area (Å²) in [5.41, 5.74) is -0.340. The van der Waals surface area contributed by atoms with Gasteiger partial charge in [0.2, 0.25) is 10.7 Å². The number of carbonyl (C=O) groups is 1. The Morgan fingerprint density at radius 3 is 2.26 bits per heavy atom. The number of carbonyl (C=O) groups excluding carboxylic acids is 1. The van der Waals surface area contributed by atoms with Gasteiger partial charge in [0.15, 0.2) is 0 Å².